The van der Waals surface area contributed by atoms with Gasteiger partial charge in [-0.2, -0.15) is 0 Å². The number of nitrogens with zero attached hydrogens (tertiary/aromatic N) is 3. The van der Waals surface area contributed by atoms with E-state index in [1.807, 2.05) is 54.6 Å². The van der Waals surface area contributed by atoms with Crippen LogP contribution in [-0.2, 0) is 16.1 Å². The number of aliphatic hydroxyl groups is 2. The number of aromatic hydroxyl groups is 1. The number of carbonyl (C=O) groups is 2. The predicted octanol–water partition coefficient (Wildman–Crippen LogP) is 5.84. The van der Waals surface area contributed by atoms with Crippen LogP contribution in [0.4, 0.5) is 0 Å². The molecule has 1 aromatic heterocycles. The highest BCUT2D eigenvalue weighted by molar-refractivity contribution is 6.06. The van der Waals surface area contributed by atoms with E-state index in [1.165, 1.54) is 10.5 Å². The molecule has 0 saturated carbocycles. The molecule has 2 aromatic carbocycles. The molecular formula is C40H47N3O5. The number of fused-ring (bicyclic) bond motifs is 1. The van der Waals surface area contributed by atoms with Crippen LogP contribution in [0, 0.1) is 17.8 Å². The summed E-state index contributed by atoms with van der Waals surface area (Å²) in [7, 11) is 0. The van der Waals surface area contributed by atoms with Crippen molar-refractivity contribution in [1.82, 2.24) is 14.8 Å². The number of benzene rings is 2. The number of aromatic nitrogens is 1. The van der Waals surface area contributed by atoms with Gasteiger partial charge in [0.2, 0.25) is 11.8 Å². The zero-order valence-electron chi connectivity index (χ0n) is 27.7. The third-order valence-electron chi connectivity index (χ3n) is 10.4. The Bertz CT molecular complexity index is 1630. The van der Waals surface area contributed by atoms with E-state index >= 15 is 0 Å². The molecule has 3 aliphatic rings. The highest BCUT2D eigenvalue weighted by Crippen LogP contribution is 2.48. The minimum Gasteiger partial charge on any atom is -0.507 e. The lowest BCUT2D eigenvalue weighted by molar-refractivity contribution is -0.144. The number of imide groups is 1. The SMILES string of the molecule is CCCC1=C([C@H](O)CC/C(=C/c2ccccc2O)c2ccccn2)[C@H](CO)[C@@H]2C(=O)N(C3CCN(Cc4ccccc4)CC3)C(=O)[C@@H]2C1. The summed E-state index contributed by atoms with van der Waals surface area (Å²) < 4.78 is 0. The van der Waals surface area contributed by atoms with Crippen LogP contribution in [0.1, 0.15) is 68.7 Å². The molecule has 8 heteroatoms. The van der Waals surface area contributed by atoms with Gasteiger partial charge < -0.3 is 15.3 Å². The Kier molecular flexibility index (Phi) is 10.8. The van der Waals surface area contributed by atoms with Crippen molar-refractivity contribution in [2.75, 3.05) is 19.7 Å². The number of pyridine rings is 1. The van der Waals surface area contributed by atoms with Crippen LogP contribution in [0.3, 0.4) is 0 Å². The number of amides is 2. The molecule has 0 unspecified atom stereocenters. The number of rotatable bonds is 12. The zero-order valence-corrected chi connectivity index (χ0v) is 27.7. The number of allylic oxidation sites excluding steroid dienone is 2. The van der Waals surface area contributed by atoms with Gasteiger partial charge in [0.1, 0.15) is 5.75 Å². The monoisotopic (exact) mass is 649 g/mol. The van der Waals surface area contributed by atoms with Crippen LogP contribution < -0.4 is 0 Å². The Balaban J connectivity index is 1.20. The van der Waals surface area contributed by atoms with Gasteiger partial charge in [-0.25, -0.2) is 0 Å². The average Bonchev–Trinajstić information content (AvgIpc) is 3.36. The third kappa shape index (κ3) is 7.16. The van der Waals surface area contributed by atoms with Crippen LogP contribution in [0.15, 0.2) is 90.1 Å². The molecule has 0 radical (unpaired) electrons. The van der Waals surface area contributed by atoms with Crippen LogP contribution >= 0.6 is 0 Å². The van der Waals surface area contributed by atoms with Crippen molar-refractivity contribution in [1.29, 1.82) is 0 Å². The molecule has 2 aliphatic heterocycles. The zero-order chi connectivity index (χ0) is 33.6. The van der Waals surface area contributed by atoms with Gasteiger partial charge in [0.25, 0.3) is 0 Å². The molecule has 48 heavy (non-hydrogen) atoms. The van der Waals surface area contributed by atoms with Crippen molar-refractivity contribution in [2.45, 2.75) is 70.6 Å². The summed E-state index contributed by atoms with van der Waals surface area (Å²) in [6.07, 6.45) is 6.96. The predicted molar refractivity (Wildman–Crippen MR) is 186 cm³/mol. The number of carbonyl (C=O) groups excluding carboxylic acids is 2. The van der Waals surface area contributed by atoms with Crippen LogP contribution in [-0.4, -0.2) is 73.8 Å². The Hall–Kier alpha value is -4.11. The standard InChI is InChI=1S/C40H47N3O5/c1-2-10-30-24-32-38(40(48)43(39(32)47)31-18-21-42(22-19-31)25-27-11-4-3-5-12-27)33(26-44)37(30)36(46)17-16-28(34-14-8-9-20-41-34)23-29-13-6-7-15-35(29)45/h3-9,11-15,20,23,31-33,36,38,44-46H,2,10,16-19,21-22,24-26H2,1H3/b28-23-/t32-,33+,36-,38-/m1/s1. The number of hydrogen-bond acceptors (Lipinski definition) is 7. The molecule has 2 amide bonds. The molecule has 3 N–H and O–H groups in total. The number of hydrogen-bond donors (Lipinski definition) is 3. The van der Waals surface area contributed by atoms with Gasteiger partial charge in [-0.15, -0.1) is 0 Å². The number of aliphatic hydroxyl groups excluding tert-OH is 2. The number of phenols is 1. The summed E-state index contributed by atoms with van der Waals surface area (Å²) in [5.41, 5.74) is 5.25. The lowest BCUT2D eigenvalue weighted by atomic mass is 9.67. The quantitative estimate of drug-likeness (QED) is 0.167. The number of para-hydroxylation sites is 1. The molecule has 0 bridgehead atoms. The minimum atomic E-state index is -0.903. The summed E-state index contributed by atoms with van der Waals surface area (Å²) in [4.78, 5) is 36.6. The summed E-state index contributed by atoms with van der Waals surface area (Å²) >= 11 is 0. The molecule has 6 rings (SSSR count). The third-order valence-corrected chi connectivity index (χ3v) is 10.4. The fraction of sp³-hybridized carbons (Fsp3) is 0.425. The maximum Gasteiger partial charge on any atom is 0.234 e. The smallest absolute Gasteiger partial charge is 0.234 e. The van der Waals surface area contributed by atoms with Crippen molar-refractivity contribution in [3.63, 3.8) is 0 Å². The number of phenolic OH excluding ortho intramolecular Hbond substituents is 1. The lowest BCUT2D eigenvalue weighted by Gasteiger charge is -2.37. The van der Waals surface area contributed by atoms with E-state index in [9.17, 15) is 24.9 Å². The van der Waals surface area contributed by atoms with Crippen molar-refractivity contribution in [3.8, 4) is 5.75 Å². The summed E-state index contributed by atoms with van der Waals surface area (Å²) in [5, 5.41) is 33.1. The van der Waals surface area contributed by atoms with Crippen molar-refractivity contribution in [3.05, 3.63) is 107 Å². The van der Waals surface area contributed by atoms with Gasteiger partial charge in [0, 0.05) is 43.4 Å². The first-order valence-electron chi connectivity index (χ1n) is 17.4. The second-order valence-corrected chi connectivity index (χ2v) is 13.5. The van der Waals surface area contributed by atoms with Crippen molar-refractivity contribution < 1.29 is 24.9 Å². The fourth-order valence-electron chi connectivity index (χ4n) is 8.13. The van der Waals surface area contributed by atoms with Gasteiger partial charge in [0.15, 0.2) is 0 Å². The Labute approximate surface area is 283 Å². The number of likely N-dealkylation sites (tertiary alicyclic amines) is 2. The molecule has 252 valence electrons. The van der Waals surface area contributed by atoms with E-state index in [-0.39, 0.29) is 30.2 Å². The molecular weight excluding hydrogens is 602 g/mol. The van der Waals surface area contributed by atoms with Crippen molar-refractivity contribution in [2.24, 2.45) is 17.8 Å². The van der Waals surface area contributed by atoms with Gasteiger partial charge >= 0.3 is 0 Å². The van der Waals surface area contributed by atoms with Gasteiger partial charge in [-0.1, -0.05) is 73.5 Å². The van der Waals surface area contributed by atoms with E-state index in [0.717, 1.165) is 61.3 Å². The van der Waals surface area contributed by atoms with Gasteiger partial charge in [-0.05, 0) is 79.5 Å². The maximum atomic E-state index is 14.1. The highest BCUT2D eigenvalue weighted by Gasteiger charge is 2.56. The van der Waals surface area contributed by atoms with E-state index in [1.54, 1.807) is 18.3 Å². The average molecular weight is 650 g/mol. The van der Waals surface area contributed by atoms with E-state index in [4.69, 9.17) is 0 Å². The van der Waals surface area contributed by atoms with Crippen LogP contribution in [0.5, 0.6) is 5.75 Å². The minimum absolute atomic E-state index is 0.116. The van der Waals surface area contributed by atoms with E-state index < -0.39 is 23.9 Å². The molecule has 3 heterocycles. The normalized spacial score (nSPS) is 23.1. The molecule has 4 atom stereocenters. The molecule has 0 spiro atoms. The second kappa shape index (κ2) is 15.4. The fourth-order valence-corrected chi connectivity index (χ4v) is 8.13. The molecule has 2 saturated heterocycles. The molecule has 8 nitrogen and oxygen atoms in total. The first kappa shape index (κ1) is 33.8. The Morgan fingerprint density at radius 1 is 0.979 bits per heavy atom. The van der Waals surface area contributed by atoms with Crippen LogP contribution in [0.2, 0.25) is 0 Å². The Morgan fingerprint density at radius 3 is 2.40 bits per heavy atom. The van der Waals surface area contributed by atoms with E-state index in [2.05, 4.69) is 28.9 Å². The second-order valence-electron chi connectivity index (χ2n) is 13.5. The number of piperidine rings is 1. The summed E-state index contributed by atoms with van der Waals surface area (Å²) in [5.74, 6) is -1.93. The first-order valence-corrected chi connectivity index (χ1v) is 17.4. The van der Waals surface area contributed by atoms with Crippen molar-refractivity contribution >= 4 is 23.5 Å². The highest BCUT2D eigenvalue weighted by atomic mass is 16.3. The largest absolute Gasteiger partial charge is 0.507 e. The van der Waals surface area contributed by atoms with Gasteiger partial charge in [-0.3, -0.25) is 24.4 Å². The van der Waals surface area contributed by atoms with Crippen LogP contribution in [0.25, 0.3) is 11.6 Å². The summed E-state index contributed by atoms with van der Waals surface area (Å²) in [6, 6.07) is 23.0. The topological polar surface area (TPSA) is 114 Å². The molecule has 2 fully saturated rings. The molecule has 1 aliphatic carbocycles. The first-order chi connectivity index (χ1) is 23.4. The summed E-state index contributed by atoms with van der Waals surface area (Å²) in [6.45, 7) is 4.24. The lowest BCUT2D eigenvalue weighted by Crippen LogP contribution is -2.47. The van der Waals surface area contributed by atoms with Gasteiger partial charge in [0.05, 0.1) is 30.2 Å². The van der Waals surface area contributed by atoms with E-state index in [0.29, 0.717) is 31.2 Å². The Morgan fingerprint density at radius 2 is 1.71 bits per heavy atom. The maximum absolute atomic E-state index is 14.1. The molecule has 3 aromatic rings.